The van der Waals surface area contributed by atoms with Crippen LogP contribution in [-0.4, -0.2) is 47.0 Å². The minimum atomic E-state index is -0.0275. The first-order valence-corrected chi connectivity index (χ1v) is 11.7. The molecule has 0 atom stereocenters. The van der Waals surface area contributed by atoms with Crippen molar-refractivity contribution in [1.82, 2.24) is 20.2 Å². The molecule has 6 heteroatoms. The van der Waals surface area contributed by atoms with Crippen molar-refractivity contribution in [3.8, 4) is 0 Å². The molecular formula is C26H27ClN4O. The summed E-state index contributed by atoms with van der Waals surface area (Å²) in [6.07, 6.45) is 7.09. The molecule has 32 heavy (non-hydrogen) atoms. The average molecular weight is 447 g/mol. The van der Waals surface area contributed by atoms with Crippen molar-refractivity contribution < 1.29 is 4.79 Å². The number of aromatic amines is 1. The molecule has 2 N–H and O–H groups in total. The Labute approximate surface area is 192 Å². The Morgan fingerprint density at radius 1 is 1.12 bits per heavy atom. The summed E-state index contributed by atoms with van der Waals surface area (Å²) in [6, 6.07) is 15.6. The molecule has 0 spiro atoms. The molecule has 0 radical (unpaired) electrons. The highest BCUT2D eigenvalue weighted by Crippen LogP contribution is 2.34. The maximum atomic E-state index is 12.7. The van der Waals surface area contributed by atoms with Crippen LogP contribution in [0, 0.1) is 0 Å². The number of H-pyrrole nitrogens is 1. The maximum Gasteiger partial charge on any atom is 0.252 e. The third-order valence-corrected chi connectivity index (χ3v) is 6.77. The van der Waals surface area contributed by atoms with Crippen molar-refractivity contribution in [2.45, 2.75) is 25.2 Å². The molecule has 0 bridgehead atoms. The standard InChI is InChI=1S/C26H27ClN4O/c27-19-6-7-25-22(16-19)23(17-30-25)18-9-14-31(15-10-18)13-3-11-29-26(32)21-8-12-28-24-5-2-1-4-20(21)24/h1-2,4-8,12,16-18,30H,3,9-11,13-15H2,(H,29,32). The second-order valence-electron chi connectivity index (χ2n) is 8.53. The highest BCUT2D eigenvalue weighted by Gasteiger charge is 2.22. The summed E-state index contributed by atoms with van der Waals surface area (Å²) in [7, 11) is 0. The summed E-state index contributed by atoms with van der Waals surface area (Å²) in [5, 5.41) is 6.02. The van der Waals surface area contributed by atoms with Gasteiger partial charge in [0.15, 0.2) is 0 Å². The van der Waals surface area contributed by atoms with Crippen LogP contribution in [0.5, 0.6) is 0 Å². The van der Waals surface area contributed by atoms with Crippen LogP contribution in [0.2, 0.25) is 5.02 Å². The Balaban J connectivity index is 1.10. The van der Waals surface area contributed by atoms with Crippen molar-refractivity contribution in [1.29, 1.82) is 0 Å². The highest BCUT2D eigenvalue weighted by molar-refractivity contribution is 6.31. The van der Waals surface area contributed by atoms with E-state index in [0.29, 0.717) is 18.0 Å². The zero-order chi connectivity index (χ0) is 21.9. The van der Waals surface area contributed by atoms with Gasteiger partial charge in [-0.1, -0.05) is 29.8 Å². The van der Waals surface area contributed by atoms with Crippen molar-refractivity contribution >= 4 is 39.3 Å². The predicted octanol–water partition coefficient (Wildman–Crippen LogP) is 5.37. The smallest absolute Gasteiger partial charge is 0.252 e. The van der Waals surface area contributed by atoms with E-state index in [-0.39, 0.29) is 5.91 Å². The van der Waals surface area contributed by atoms with Gasteiger partial charge in [0.1, 0.15) is 0 Å². The molecule has 0 unspecified atom stereocenters. The van der Waals surface area contributed by atoms with E-state index in [9.17, 15) is 4.79 Å². The van der Waals surface area contributed by atoms with E-state index in [2.05, 4.69) is 38.5 Å². The van der Waals surface area contributed by atoms with Crippen molar-refractivity contribution in [3.63, 3.8) is 0 Å². The summed E-state index contributed by atoms with van der Waals surface area (Å²) in [5.41, 5.74) is 4.08. The third kappa shape index (κ3) is 4.36. The number of benzene rings is 2. The number of nitrogens with zero attached hydrogens (tertiary/aromatic N) is 2. The summed E-state index contributed by atoms with van der Waals surface area (Å²) in [6.45, 7) is 3.85. The Morgan fingerprint density at radius 3 is 2.84 bits per heavy atom. The lowest BCUT2D eigenvalue weighted by Gasteiger charge is -2.32. The second-order valence-corrected chi connectivity index (χ2v) is 8.97. The van der Waals surface area contributed by atoms with E-state index in [1.807, 2.05) is 30.3 Å². The van der Waals surface area contributed by atoms with E-state index < -0.39 is 0 Å². The molecule has 0 saturated carbocycles. The third-order valence-electron chi connectivity index (χ3n) is 6.53. The van der Waals surface area contributed by atoms with Crippen LogP contribution in [0.3, 0.4) is 0 Å². The SMILES string of the molecule is O=C(NCCCN1CCC(c2c[nH]c3ccc(Cl)cc23)CC1)c1ccnc2ccccc12. The minimum Gasteiger partial charge on any atom is -0.361 e. The second kappa shape index (κ2) is 9.31. The van der Waals surface area contributed by atoms with Gasteiger partial charge in [-0.05, 0) is 80.7 Å². The fourth-order valence-corrected chi connectivity index (χ4v) is 4.99. The number of hydrogen-bond donors (Lipinski definition) is 2. The molecule has 1 amide bonds. The number of fused-ring (bicyclic) bond motifs is 2. The maximum absolute atomic E-state index is 12.7. The molecule has 5 nitrogen and oxygen atoms in total. The predicted molar refractivity (Wildman–Crippen MR) is 130 cm³/mol. The average Bonchev–Trinajstić information content (AvgIpc) is 3.25. The summed E-state index contributed by atoms with van der Waals surface area (Å²) >= 11 is 6.22. The van der Waals surface area contributed by atoms with Crippen LogP contribution in [-0.2, 0) is 0 Å². The first-order valence-electron chi connectivity index (χ1n) is 11.3. The number of nitrogens with one attached hydrogen (secondary N) is 2. The summed E-state index contributed by atoms with van der Waals surface area (Å²) in [4.78, 5) is 22.9. The molecule has 2 aromatic carbocycles. The fraction of sp³-hybridized carbons (Fsp3) is 0.308. The van der Waals surface area contributed by atoms with Crippen molar-refractivity contribution in [3.05, 3.63) is 77.1 Å². The lowest BCUT2D eigenvalue weighted by molar-refractivity contribution is 0.0952. The number of hydrogen-bond acceptors (Lipinski definition) is 3. The van der Waals surface area contributed by atoms with Crippen molar-refractivity contribution in [2.75, 3.05) is 26.2 Å². The molecule has 4 aromatic rings. The lowest BCUT2D eigenvalue weighted by Crippen LogP contribution is -2.35. The molecule has 3 heterocycles. The molecule has 164 valence electrons. The Bertz CT molecular complexity index is 1240. The number of para-hydroxylation sites is 1. The van der Waals surface area contributed by atoms with Crippen LogP contribution in [0.25, 0.3) is 21.8 Å². The number of amides is 1. The number of piperidine rings is 1. The molecule has 1 aliphatic heterocycles. The monoisotopic (exact) mass is 446 g/mol. The van der Waals surface area contributed by atoms with Gasteiger partial charge in [-0.15, -0.1) is 0 Å². The number of carbonyl (C=O) groups excluding carboxylic acids is 1. The Morgan fingerprint density at radius 2 is 1.97 bits per heavy atom. The van der Waals surface area contributed by atoms with E-state index in [4.69, 9.17) is 11.6 Å². The van der Waals surface area contributed by atoms with Crippen molar-refractivity contribution in [2.24, 2.45) is 0 Å². The zero-order valence-corrected chi connectivity index (χ0v) is 18.7. The van der Waals surface area contributed by atoms with Crippen LogP contribution < -0.4 is 5.32 Å². The fourth-order valence-electron chi connectivity index (χ4n) is 4.81. The van der Waals surface area contributed by atoms with Gasteiger partial charge in [0, 0.05) is 40.3 Å². The number of carbonyl (C=O) groups is 1. The van der Waals surface area contributed by atoms with Gasteiger partial charge in [-0.25, -0.2) is 0 Å². The van der Waals surface area contributed by atoms with Gasteiger partial charge in [0.05, 0.1) is 11.1 Å². The first-order chi connectivity index (χ1) is 15.7. The van der Waals surface area contributed by atoms with E-state index >= 15 is 0 Å². The topological polar surface area (TPSA) is 61.0 Å². The molecule has 2 aromatic heterocycles. The number of rotatable bonds is 6. The van der Waals surface area contributed by atoms with Gasteiger partial charge in [0.25, 0.3) is 5.91 Å². The number of pyridine rings is 1. The highest BCUT2D eigenvalue weighted by atomic mass is 35.5. The molecule has 1 aliphatic rings. The molecule has 5 rings (SSSR count). The van der Waals surface area contributed by atoms with E-state index in [1.165, 1.54) is 10.9 Å². The summed E-state index contributed by atoms with van der Waals surface area (Å²) in [5.74, 6) is 0.540. The molecular weight excluding hydrogens is 420 g/mol. The molecule has 0 aliphatic carbocycles. The van der Waals surface area contributed by atoms with Crippen LogP contribution >= 0.6 is 11.6 Å². The van der Waals surface area contributed by atoms with Gasteiger partial charge in [-0.2, -0.15) is 0 Å². The number of aromatic nitrogens is 2. The van der Waals surface area contributed by atoms with Gasteiger partial charge in [-0.3, -0.25) is 9.78 Å². The minimum absolute atomic E-state index is 0.0275. The van der Waals surface area contributed by atoms with E-state index in [0.717, 1.165) is 60.3 Å². The molecule has 1 fully saturated rings. The molecule has 1 saturated heterocycles. The Hall–Kier alpha value is -2.89. The van der Waals surface area contributed by atoms with Gasteiger partial charge in [0.2, 0.25) is 0 Å². The number of halogens is 1. The number of likely N-dealkylation sites (tertiary alicyclic amines) is 1. The van der Waals surface area contributed by atoms with Gasteiger partial charge >= 0.3 is 0 Å². The zero-order valence-electron chi connectivity index (χ0n) is 18.0. The van der Waals surface area contributed by atoms with E-state index in [1.54, 1.807) is 12.3 Å². The largest absolute Gasteiger partial charge is 0.361 e. The first kappa shape index (κ1) is 21.0. The Kier molecular flexibility index (Phi) is 6.10. The quantitative estimate of drug-likeness (QED) is 0.391. The van der Waals surface area contributed by atoms with Gasteiger partial charge < -0.3 is 15.2 Å². The van der Waals surface area contributed by atoms with Crippen LogP contribution in [0.1, 0.15) is 41.1 Å². The summed E-state index contributed by atoms with van der Waals surface area (Å²) < 4.78 is 0. The normalized spacial score (nSPS) is 15.4. The lowest BCUT2D eigenvalue weighted by atomic mass is 9.89. The van der Waals surface area contributed by atoms with Crippen LogP contribution in [0.15, 0.2) is 60.9 Å². The van der Waals surface area contributed by atoms with Crippen LogP contribution in [0.4, 0.5) is 0 Å².